The van der Waals surface area contributed by atoms with Crippen LogP contribution in [0.5, 0.6) is 34.5 Å². The molecule has 3 aromatic carbocycles. The highest BCUT2D eigenvalue weighted by Crippen LogP contribution is 2.71. The number of methoxy groups -OCH3 is 2. The van der Waals surface area contributed by atoms with E-state index in [1.54, 1.807) is 14.2 Å². The van der Waals surface area contributed by atoms with Crippen LogP contribution in [0.1, 0.15) is 82.2 Å². The SMILES string of the molecule is COc1ccc2[nH]c3c(c2c1)C[C@H](CN)N[C@]31CS[C@@H]2c3c(OC(C)=O)c(C)c4c(c3[C@H](COC1=O)N1C2[C@H]2c3c(cc(C)c(OC)c3O)[C@@]3(C)C[C@H]([C@@H]1C#N)N23)OCO4. The number of phenols is 1. The number of thioether (sulfide) groups is 1. The molecule has 1 unspecified atom stereocenters. The number of aromatic hydroxyl groups is 1. The van der Waals surface area contributed by atoms with Gasteiger partial charge in [-0.15, -0.1) is 11.8 Å². The topological polar surface area (TPSA) is 194 Å². The van der Waals surface area contributed by atoms with Gasteiger partial charge in [0.2, 0.25) is 6.79 Å². The number of esters is 2. The molecular formula is C44H46N6O9S. The van der Waals surface area contributed by atoms with Crippen LogP contribution in [0.3, 0.4) is 0 Å². The van der Waals surface area contributed by atoms with Crippen LogP contribution in [-0.2, 0) is 31.8 Å². The van der Waals surface area contributed by atoms with Crippen LogP contribution < -0.4 is 34.7 Å². The normalized spacial score (nSPS) is 31.9. The summed E-state index contributed by atoms with van der Waals surface area (Å²) in [6.07, 6.45) is 1.24. The average molecular weight is 835 g/mol. The number of piperazine rings is 1. The minimum absolute atomic E-state index is 0.0548. The fraction of sp³-hybridized carbons (Fsp3) is 0.477. The van der Waals surface area contributed by atoms with Crippen molar-refractivity contribution in [3.8, 4) is 40.6 Å². The van der Waals surface area contributed by atoms with Gasteiger partial charge < -0.3 is 44.2 Å². The van der Waals surface area contributed by atoms with Gasteiger partial charge in [0.15, 0.2) is 28.5 Å². The van der Waals surface area contributed by atoms with Gasteiger partial charge >= 0.3 is 11.9 Å². The summed E-state index contributed by atoms with van der Waals surface area (Å²) in [5, 5.41) is 27.6. The first-order valence-electron chi connectivity index (χ1n) is 20.4. The molecule has 8 aliphatic rings. The van der Waals surface area contributed by atoms with Crippen molar-refractivity contribution in [3.63, 3.8) is 0 Å². The third kappa shape index (κ3) is 4.64. The Morgan fingerprint density at radius 1 is 1.12 bits per heavy atom. The van der Waals surface area contributed by atoms with Crippen LogP contribution in [0.2, 0.25) is 0 Å². The number of aromatic nitrogens is 1. The number of rotatable bonds is 4. The summed E-state index contributed by atoms with van der Waals surface area (Å²) in [5.74, 6) is 1.62. The summed E-state index contributed by atoms with van der Waals surface area (Å²) in [6.45, 7) is 7.39. The number of nitrogens with one attached hydrogen (secondary N) is 2. The number of phenolic OH excluding ortho intramolecular Hbond substituents is 1. The Morgan fingerprint density at radius 2 is 1.92 bits per heavy atom. The van der Waals surface area contributed by atoms with Crippen LogP contribution in [0.25, 0.3) is 10.9 Å². The van der Waals surface area contributed by atoms with Gasteiger partial charge in [0, 0.05) is 76.0 Å². The third-order valence-electron chi connectivity index (χ3n) is 14.4. The fourth-order valence-electron chi connectivity index (χ4n) is 12.1. The maximum atomic E-state index is 15.2. The van der Waals surface area contributed by atoms with Crippen LogP contribution in [0, 0.1) is 25.2 Å². The molecule has 1 spiro atoms. The highest BCUT2D eigenvalue weighted by Gasteiger charge is 2.71. The number of hydrogen-bond acceptors (Lipinski definition) is 15. The molecule has 12 rings (SSSR count). The van der Waals surface area contributed by atoms with Crippen molar-refractivity contribution in [3.05, 3.63) is 68.9 Å². The molecule has 5 N–H and O–H groups in total. The van der Waals surface area contributed by atoms with Gasteiger partial charge in [-0.1, -0.05) is 0 Å². The van der Waals surface area contributed by atoms with Gasteiger partial charge in [0.25, 0.3) is 0 Å². The molecule has 9 heterocycles. The van der Waals surface area contributed by atoms with E-state index in [1.807, 2.05) is 32.0 Å². The smallest absolute Gasteiger partial charge is 0.333 e. The summed E-state index contributed by atoms with van der Waals surface area (Å²) >= 11 is 1.53. The standard InChI is InChI=1S/C44H46N6O9S/c1-18-9-25-30(35(52)36(18)55-6)33-34-40-32-31(39-38(57-17-58-39)19(2)37(32)59-20(3)51)29(49(34)28(14-46)27-12-43(25,4)50(27)33)15-56-42(53)44(16-60-40)41-24(10-21(13-45)48-44)23-11-22(54-5)7-8-26(23)47-41/h7-9,11,21,27-29,33-34,40,47-48,52H,10,12-13,15-17,45H2,1-6H3/t21-,27-,28+,29+,33-,34?,40-,43-,44-/m1/s1. The molecule has 3 fully saturated rings. The molecular weight excluding hydrogens is 789 g/mol. The van der Waals surface area contributed by atoms with Crippen molar-refractivity contribution < 1.29 is 43.1 Å². The molecule has 15 nitrogen and oxygen atoms in total. The maximum Gasteiger partial charge on any atom is 0.333 e. The third-order valence-corrected chi connectivity index (χ3v) is 15.9. The van der Waals surface area contributed by atoms with E-state index in [-0.39, 0.29) is 43.5 Å². The first kappa shape index (κ1) is 37.8. The monoisotopic (exact) mass is 834 g/mol. The van der Waals surface area contributed by atoms with Crippen molar-refractivity contribution in [2.75, 3.05) is 39.9 Å². The first-order chi connectivity index (χ1) is 28.9. The predicted octanol–water partition coefficient (Wildman–Crippen LogP) is 4.54. The van der Waals surface area contributed by atoms with Crippen molar-refractivity contribution in [1.29, 1.82) is 5.26 Å². The summed E-state index contributed by atoms with van der Waals surface area (Å²) in [6, 6.07) is 7.78. The Hall–Kier alpha value is -5.18. The Balaban J connectivity index is 1.18. The van der Waals surface area contributed by atoms with E-state index in [1.165, 1.54) is 18.7 Å². The van der Waals surface area contributed by atoms with E-state index >= 15 is 4.79 Å². The molecule has 9 atom stereocenters. The number of nitriles is 1. The van der Waals surface area contributed by atoms with Gasteiger partial charge in [-0.3, -0.25) is 19.9 Å². The lowest BCUT2D eigenvalue weighted by molar-refractivity contribution is -0.187. The number of fused-ring (bicyclic) bond motifs is 10. The minimum atomic E-state index is -1.39. The molecule has 0 radical (unpaired) electrons. The Kier molecular flexibility index (Phi) is 8.14. The molecule has 8 aliphatic heterocycles. The summed E-state index contributed by atoms with van der Waals surface area (Å²) < 4.78 is 36.7. The van der Waals surface area contributed by atoms with Crippen molar-refractivity contribution in [1.82, 2.24) is 20.1 Å². The number of ether oxygens (including phenoxy) is 6. The number of carbonyl (C=O) groups excluding carboxylic acids is 2. The number of aryl methyl sites for hydroxylation is 1. The molecule has 16 heteroatoms. The first-order valence-corrected chi connectivity index (χ1v) is 21.4. The van der Waals surface area contributed by atoms with Gasteiger partial charge in [-0.05, 0) is 74.6 Å². The largest absolute Gasteiger partial charge is 0.504 e. The van der Waals surface area contributed by atoms with Gasteiger partial charge in [0.05, 0.1) is 43.3 Å². The second kappa shape index (κ2) is 12.9. The summed E-state index contributed by atoms with van der Waals surface area (Å²) in [4.78, 5) is 36.5. The zero-order chi connectivity index (χ0) is 41.7. The van der Waals surface area contributed by atoms with E-state index in [2.05, 4.69) is 39.2 Å². The lowest BCUT2D eigenvalue weighted by atomic mass is 9.70. The lowest BCUT2D eigenvalue weighted by Crippen LogP contribution is -2.75. The van der Waals surface area contributed by atoms with E-state index < -0.39 is 52.4 Å². The van der Waals surface area contributed by atoms with Crippen molar-refractivity contribution in [2.45, 2.75) is 93.1 Å². The van der Waals surface area contributed by atoms with E-state index in [9.17, 15) is 15.2 Å². The molecule has 312 valence electrons. The summed E-state index contributed by atoms with van der Waals surface area (Å²) in [5.41, 5.74) is 11.6. The molecule has 0 aliphatic carbocycles. The van der Waals surface area contributed by atoms with E-state index in [4.69, 9.17) is 34.2 Å². The number of benzene rings is 3. The lowest BCUT2D eigenvalue weighted by Gasteiger charge is -2.66. The van der Waals surface area contributed by atoms with Gasteiger partial charge in [-0.2, -0.15) is 5.26 Å². The number of nitrogens with zero attached hydrogens (tertiary/aromatic N) is 3. The second-order valence-corrected chi connectivity index (χ2v) is 18.4. The number of nitrogens with two attached hydrogens (primary N) is 1. The van der Waals surface area contributed by atoms with Crippen molar-refractivity contribution in [2.24, 2.45) is 5.73 Å². The molecule has 2 bridgehead atoms. The van der Waals surface area contributed by atoms with Crippen LogP contribution in [0.15, 0.2) is 24.3 Å². The summed E-state index contributed by atoms with van der Waals surface area (Å²) in [7, 11) is 3.19. The average Bonchev–Trinajstić information content (AvgIpc) is 3.92. The van der Waals surface area contributed by atoms with Crippen molar-refractivity contribution >= 4 is 34.6 Å². The number of aromatic amines is 1. The second-order valence-electron chi connectivity index (χ2n) is 17.3. The Labute approximate surface area is 350 Å². The molecule has 60 heavy (non-hydrogen) atoms. The van der Waals surface area contributed by atoms with Crippen LogP contribution in [-0.4, -0.2) is 95.9 Å². The predicted molar refractivity (Wildman–Crippen MR) is 218 cm³/mol. The zero-order valence-corrected chi connectivity index (χ0v) is 35.0. The molecule has 0 amide bonds. The Morgan fingerprint density at radius 3 is 2.65 bits per heavy atom. The van der Waals surface area contributed by atoms with E-state index in [0.29, 0.717) is 64.0 Å². The highest BCUT2D eigenvalue weighted by molar-refractivity contribution is 7.99. The molecule has 4 aromatic rings. The number of hydrogen-bond donors (Lipinski definition) is 4. The zero-order valence-electron chi connectivity index (χ0n) is 34.1. The maximum absolute atomic E-state index is 15.2. The number of carbonyl (C=O) groups is 2. The quantitative estimate of drug-likeness (QED) is 0.165. The van der Waals surface area contributed by atoms with Gasteiger partial charge in [-0.25, -0.2) is 4.79 Å². The number of H-pyrrole nitrogens is 1. The fourth-order valence-corrected chi connectivity index (χ4v) is 13.7. The molecule has 0 saturated carbocycles. The molecule has 3 saturated heterocycles. The Bertz CT molecular complexity index is 2630. The highest BCUT2D eigenvalue weighted by atomic mass is 32.2. The van der Waals surface area contributed by atoms with Crippen LogP contribution in [0.4, 0.5) is 0 Å². The molecule has 1 aromatic heterocycles. The minimum Gasteiger partial charge on any atom is -0.504 e. The van der Waals surface area contributed by atoms with Gasteiger partial charge in [0.1, 0.15) is 24.1 Å². The van der Waals surface area contributed by atoms with Crippen LogP contribution >= 0.6 is 11.8 Å². The van der Waals surface area contributed by atoms with E-state index in [0.717, 1.165) is 33.2 Å².